The van der Waals surface area contributed by atoms with Gasteiger partial charge in [0.25, 0.3) is 0 Å². The minimum atomic E-state index is -0.390. The Morgan fingerprint density at radius 1 is 1.40 bits per heavy atom. The van der Waals surface area contributed by atoms with Crippen LogP contribution in [-0.2, 0) is 15.1 Å². The summed E-state index contributed by atoms with van der Waals surface area (Å²) in [7, 11) is 0. The number of nitrogens with one attached hydrogen (secondary N) is 1. The van der Waals surface area contributed by atoms with E-state index in [1.54, 1.807) is 0 Å². The fourth-order valence-corrected chi connectivity index (χ4v) is 3.46. The second-order valence-electron chi connectivity index (χ2n) is 6.00. The van der Waals surface area contributed by atoms with Gasteiger partial charge in [-0.05, 0) is 45.2 Å². The van der Waals surface area contributed by atoms with Gasteiger partial charge >= 0.3 is 0 Å². The molecule has 0 saturated carbocycles. The Labute approximate surface area is 129 Å². The van der Waals surface area contributed by atoms with E-state index in [1.807, 2.05) is 45.0 Å². The molecule has 3 nitrogen and oxygen atoms in total. The number of ether oxygens (including phenoxy) is 1. The maximum Gasteiger partial charge on any atom is 0.223 e. The summed E-state index contributed by atoms with van der Waals surface area (Å²) >= 11 is 3.56. The summed E-state index contributed by atoms with van der Waals surface area (Å²) in [5.74, 6) is 0.182. The Balaban J connectivity index is 2.08. The van der Waals surface area contributed by atoms with E-state index in [0.29, 0.717) is 6.61 Å². The minimum Gasteiger partial charge on any atom is -0.378 e. The lowest BCUT2D eigenvalue weighted by Gasteiger charge is -2.32. The fourth-order valence-electron chi connectivity index (χ4n) is 2.68. The van der Waals surface area contributed by atoms with Gasteiger partial charge in [-0.15, -0.1) is 0 Å². The van der Waals surface area contributed by atoms with Gasteiger partial charge in [0.2, 0.25) is 5.91 Å². The van der Waals surface area contributed by atoms with Crippen molar-refractivity contribution in [1.29, 1.82) is 0 Å². The van der Waals surface area contributed by atoms with Crippen LogP contribution in [-0.4, -0.2) is 18.6 Å². The van der Waals surface area contributed by atoms with Crippen molar-refractivity contribution in [3.8, 4) is 0 Å². The summed E-state index contributed by atoms with van der Waals surface area (Å²) in [6, 6.07) is 8.01. The van der Waals surface area contributed by atoms with Crippen LogP contribution in [0.15, 0.2) is 28.7 Å². The van der Waals surface area contributed by atoms with Crippen LogP contribution in [0.25, 0.3) is 0 Å². The number of carbonyl (C=O) groups excluding carboxylic acids is 1. The summed E-state index contributed by atoms with van der Waals surface area (Å²) < 4.78 is 6.52. The van der Waals surface area contributed by atoms with Gasteiger partial charge in [-0.25, -0.2) is 0 Å². The predicted molar refractivity (Wildman–Crippen MR) is 83.4 cm³/mol. The molecular formula is C16H22BrNO2. The van der Waals surface area contributed by atoms with E-state index < -0.39 is 5.54 Å². The van der Waals surface area contributed by atoms with Crippen LogP contribution in [0, 0.1) is 5.92 Å². The van der Waals surface area contributed by atoms with Gasteiger partial charge in [0.05, 0.1) is 11.6 Å². The number of carbonyl (C=O) groups is 1. The van der Waals surface area contributed by atoms with Crippen LogP contribution in [0.1, 0.15) is 39.2 Å². The summed E-state index contributed by atoms with van der Waals surface area (Å²) in [5.41, 5.74) is 0.701. The van der Waals surface area contributed by atoms with Crippen molar-refractivity contribution in [1.82, 2.24) is 5.32 Å². The molecule has 2 rings (SSSR count). The second kappa shape index (κ2) is 6.27. The first-order valence-corrected chi connectivity index (χ1v) is 7.88. The van der Waals surface area contributed by atoms with Crippen molar-refractivity contribution >= 4 is 21.8 Å². The number of hydrogen-bond acceptors (Lipinski definition) is 2. The summed E-state index contributed by atoms with van der Waals surface area (Å²) in [5, 5.41) is 3.18. The molecule has 1 aliphatic rings. The van der Waals surface area contributed by atoms with E-state index in [4.69, 9.17) is 4.74 Å². The highest BCUT2D eigenvalue weighted by atomic mass is 79.9. The van der Waals surface area contributed by atoms with Gasteiger partial charge in [0.1, 0.15) is 0 Å². The van der Waals surface area contributed by atoms with Crippen LogP contribution < -0.4 is 5.32 Å². The molecule has 20 heavy (non-hydrogen) atoms. The number of amides is 1. The van der Waals surface area contributed by atoms with Crippen LogP contribution in [0.5, 0.6) is 0 Å². The van der Waals surface area contributed by atoms with Crippen molar-refractivity contribution in [3.63, 3.8) is 0 Å². The normalized spacial score (nSPS) is 23.4. The average molecular weight is 340 g/mol. The van der Waals surface area contributed by atoms with Gasteiger partial charge < -0.3 is 10.1 Å². The molecule has 0 aromatic heterocycles. The second-order valence-corrected chi connectivity index (χ2v) is 6.85. The Bertz CT molecular complexity index is 487. The molecule has 2 unspecified atom stereocenters. The van der Waals surface area contributed by atoms with Gasteiger partial charge in [-0.2, -0.15) is 0 Å². The van der Waals surface area contributed by atoms with Crippen LogP contribution in [0.2, 0.25) is 0 Å². The number of benzene rings is 1. The number of halogens is 1. The molecule has 1 aliphatic heterocycles. The number of hydrogen-bond donors (Lipinski definition) is 1. The molecule has 0 aliphatic carbocycles. The van der Waals surface area contributed by atoms with Gasteiger partial charge in [-0.3, -0.25) is 4.79 Å². The van der Waals surface area contributed by atoms with Crippen molar-refractivity contribution in [3.05, 3.63) is 34.3 Å². The average Bonchev–Trinajstić information content (AvgIpc) is 2.38. The Morgan fingerprint density at radius 3 is 2.75 bits per heavy atom. The molecule has 2 atom stereocenters. The molecule has 1 heterocycles. The zero-order valence-electron chi connectivity index (χ0n) is 12.3. The van der Waals surface area contributed by atoms with Crippen molar-refractivity contribution < 1.29 is 9.53 Å². The zero-order chi connectivity index (χ0) is 14.8. The van der Waals surface area contributed by atoms with Crippen molar-refractivity contribution in [2.45, 2.75) is 45.3 Å². The molecule has 1 saturated heterocycles. The van der Waals surface area contributed by atoms with Gasteiger partial charge in [0, 0.05) is 17.0 Å². The highest BCUT2D eigenvalue weighted by Crippen LogP contribution is 2.29. The molecule has 0 spiro atoms. The van der Waals surface area contributed by atoms with Crippen molar-refractivity contribution in [2.24, 2.45) is 5.92 Å². The zero-order valence-corrected chi connectivity index (χ0v) is 13.9. The van der Waals surface area contributed by atoms with Crippen LogP contribution >= 0.6 is 15.9 Å². The third-order valence-corrected chi connectivity index (χ3v) is 4.53. The molecule has 110 valence electrons. The van der Waals surface area contributed by atoms with E-state index >= 15 is 0 Å². The first kappa shape index (κ1) is 15.5. The number of rotatable bonds is 3. The smallest absolute Gasteiger partial charge is 0.223 e. The largest absolute Gasteiger partial charge is 0.378 e. The fraction of sp³-hybridized carbons (Fsp3) is 0.562. The molecule has 1 N–H and O–H groups in total. The molecule has 1 aromatic carbocycles. The summed E-state index contributed by atoms with van der Waals surface area (Å²) in [4.78, 5) is 12.5. The predicted octanol–water partition coefficient (Wildman–Crippen LogP) is 3.62. The lowest BCUT2D eigenvalue weighted by atomic mass is 9.90. The van der Waals surface area contributed by atoms with Gasteiger partial charge in [-0.1, -0.05) is 34.1 Å². The Morgan fingerprint density at radius 2 is 2.10 bits per heavy atom. The van der Waals surface area contributed by atoms with Crippen LogP contribution in [0.4, 0.5) is 0 Å². The van der Waals surface area contributed by atoms with Crippen molar-refractivity contribution in [2.75, 3.05) is 6.61 Å². The highest BCUT2D eigenvalue weighted by Gasteiger charge is 2.31. The summed E-state index contributed by atoms with van der Waals surface area (Å²) in [6.07, 6.45) is 1.78. The molecule has 1 aromatic rings. The van der Waals surface area contributed by atoms with E-state index in [9.17, 15) is 4.79 Å². The third-order valence-electron chi connectivity index (χ3n) is 3.84. The molecule has 4 heteroatoms. The highest BCUT2D eigenvalue weighted by molar-refractivity contribution is 9.10. The monoisotopic (exact) mass is 339 g/mol. The Hall–Kier alpha value is -0.870. The quantitative estimate of drug-likeness (QED) is 0.913. The maximum absolute atomic E-state index is 12.5. The lowest BCUT2D eigenvalue weighted by molar-refractivity contribution is -0.131. The SMILES string of the molecule is CC1CC(C(=O)NC(C)(C)c2ccccc2Br)CCO1. The molecule has 0 radical (unpaired) electrons. The summed E-state index contributed by atoms with van der Waals surface area (Å²) in [6.45, 7) is 6.77. The molecular weight excluding hydrogens is 318 g/mol. The van der Waals surface area contributed by atoms with E-state index in [1.165, 1.54) is 0 Å². The van der Waals surface area contributed by atoms with Crippen LogP contribution in [0.3, 0.4) is 0 Å². The first-order chi connectivity index (χ1) is 9.40. The minimum absolute atomic E-state index is 0.0560. The molecule has 0 bridgehead atoms. The standard InChI is InChI=1S/C16H22BrNO2/c1-11-10-12(8-9-20-11)15(19)18-16(2,3)13-6-4-5-7-14(13)17/h4-7,11-12H,8-10H2,1-3H3,(H,18,19). The lowest BCUT2D eigenvalue weighted by Crippen LogP contribution is -2.46. The molecule has 1 amide bonds. The van der Waals surface area contributed by atoms with E-state index in [2.05, 4.69) is 21.2 Å². The topological polar surface area (TPSA) is 38.3 Å². The van der Waals surface area contributed by atoms with E-state index in [0.717, 1.165) is 22.9 Å². The molecule has 1 fully saturated rings. The first-order valence-electron chi connectivity index (χ1n) is 7.09. The Kier molecular flexibility index (Phi) is 4.86. The van der Waals surface area contributed by atoms with E-state index in [-0.39, 0.29) is 17.9 Å². The maximum atomic E-state index is 12.5. The third kappa shape index (κ3) is 3.61. The van der Waals surface area contributed by atoms with Gasteiger partial charge in [0.15, 0.2) is 0 Å².